The van der Waals surface area contributed by atoms with Gasteiger partial charge in [0.2, 0.25) is 0 Å². The van der Waals surface area contributed by atoms with Gasteiger partial charge in [-0.25, -0.2) is 4.79 Å². The molecule has 0 bridgehead atoms. The van der Waals surface area contributed by atoms with Crippen LogP contribution in [0.4, 0.5) is 5.69 Å². The van der Waals surface area contributed by atoms with Gasteiger partial charge in [0, 0.05) is 18.6 Å². The summed E-state index contributed by atoms with van der Waals surface area (Å²) in [7, 11) is 0. The Labute approximate surface area is 235 Å². The number of esters is 1. The number of nitro groups is 1. The number of non-ortho nitro benzene ring substituents is 1. The maximum atomic E-state index is 12.8. The molecule has 0 spiro atoms. The van der Waals surface area contributed by atoms with Crippen molar-refractivity contribution in [2.45, 2.75) is 111 Å². The first-order chi connectivity index (χ1) is 18.5. The zero-order valence-corrected chi connectivity index (χ0v) is 24.8. The molecule has 0 amide bonds. The van der Waals surface area contributed by atoms with E-state index < -0.39 is 4.92 Å². The van der Waals surface area contributed by atoms with E-state index >= 15 is 0 Å². The van der Waals surface area contributed by atoms with Crippen LogP contribution in [0.3, 0.4) is 0 Å². The van der Waals surface area contributed by atoms with Gasteiger partial charge in [-0.3, -0.25) is 10.1 Å². The highest BCUT2D eigenvalue weighted by Gasteiger charge is 2.59. The van der Waals surface area contributed by atoms with Gasteiger partial charge in [0.25, 0.3) is 5.69 Å². The van der Waals surface area contributed by atoms with Gasteiger partial charge >= 0.3 is 5.97 Å². The number of nitro benzene ring substituents is 1. The predicted molar refractivity (Wildman–Crippen MR) is 155 cm³/mol. The van der Waals surface area contributed by atoms with Crippen LogP contribution in [0.1, 0.15) is 116 Å². The van der Waals surface area contributed by atoms with Crippen molar-refractivity contribution in [1.82, 2.24) is 0 Å². The summed E-state index contributed by atoms with van der Waals surface area (Å²) in [6, 6.07) is 5.73. The number of fused-ring (bicyclic) bond motifs is 5. The summed E-state index contributed by atoms with van der Waals surface area (Å²) in [6.45, 7) is 12.4. The average Bonchev–Trinajstić information content (AvgIpc) is 3.26. The topological polar surface area (TPSA) is 69.4 Å². The second-order valence-electron chi connectivity index (χ2n) is 14.4. The summed E-state index contributed by atoms with van der Waals surface area (Å²) >= 11 is 0. The first-order valence-electron chi connectivity index (χ1n) is 15.7. The Morgan fingerprint density at radius 3 is 2.46 bits per heavy atom. The fraction of sp³-hybridized carbons (Fsp3) is 0.735. The molecule has 0 saturated heterocycles. The molecule has 0 aliphatic heterocycles. The van der Waals surface area contributed by atoms with Crippen molar-refractivity contribution in [2.75, 3.05) is 0 Å². The van der Waals surface area contributed by atoms with E-state index in [0.717, 1.165) is 54.8 Å². The van der Waals surface area contributed by atoms with E-state index in [1.165, 1.54) is 81.2 Å². The van der Waals surface area contributed by atoms with E-state index in [2.05, 4.69) is 40.7 Å². The number of carbonyl (C=O) groups excluding carboxylic acids is 1. The molecule has 0 aromatic heterocycles. The number of nitrogens with zero attached hydrogens (tertiary/aromatic N) is 1. The molecule has 1 aromatic rings. The van der Waals surface area contributed by atoms with Crippen molar-refractivity contribution >= 4 is 11.7 Å². The van der Waals surface area contributed by atoms with Gasteiger partial charge in [0.1, 0.15) is 6.10 Å². The monoisotopic (exact) mass is 535 g/mol. The van der Waals surface area contributed by atoms with Crippen molar-refractivity contribution in [3.63, 3.8) is 0 Å². The Morgan fingerprint density at radius 1 is 1.03 bits per heavy atom. The Balaban J connectivity index is 1.23. The van der Waals surface area contributed by atoms with Crippen LogP contribution in [0, 0.1) is 56.5 Å². The first-order valence-corrected chi connectivity index (χ1v) is 15.7. The highest BCUT2D eigenvalue weighted by atomic mass is 16.6. The maximum absolute atomic E-state index is 12.8. The molecule has 0 heterocycles. The quantitative estimate of drug-likeness (QED) is 0.144. The number of carbonyl (C=O) groups is 1. The number of hydrogen-bond acceptors (Lipinski definition) is 4. The van der Waals surface area contributed by atoms with Crippen LogP contribution in [-0.4, -0.2) is 17.0 Å². The second kappa shape index (κ2) is 11.0. The minimum atomic E-state index is -0.450. The molecule has 3 saturated carbocycles. The largest absolute Gasteiger partial charge is 0.458 e. The van der Waals surface area contributed by atoms with Gasteiger partial charge in [0.05, 0.1) is 10.5 Å². The fourth-order valence-electron chi connectivity index (χ4n) is 9.69. The van der Waals surface area contributed by atoms with Crippen molar-refractivity contribution < 1.29 is 14.5 Å². The van der Waals surface area contributed by atoms with Crippen molar-refractivity contribution in [1.29, 1.82) is 0 Å². The lowest BCUT2D eigenvalue weighted by atomic mass is 9.47. The first kappa shape index (κ1) is 28.4. The molecule has 8 atom stereocenters. The van der Waals surface area contributed by atoms with Gasteiger partial charge in [-0.05, 0) is 103 Å². The van der Waals surface area contributed by atoms with Crippen LogP contribution < -0.4 is 0 Å². The number of hydrogen-bond donors (Lipinski definition) is 0. The summed E-state index contributed by atoms with van der Waals surface area (Å²) in [6.07, 6.45) is 16.1. The molecular formula is C34H49NO4. The summed E-state index contributed by atoms with van der Waals surface area (Å²) < 4.78 is 5.93. The molecule has 4 aliphatic carbocycles. The molecular weight excluding hydrogens is 486 g/mol. The van der Waals surface area contributed by atoms with Crippen LogP contribution in [0.25, 0.3) is 0 Å². The highest BCUT2D eigenvalue weighted by Crippen LogP contribution is 2.67. The molecule has 5 nitrogen and oxygen atoms in total. The molecule has 5 heteroatoms. The third-order valence-corrected chi connectivity index (χ3v) is 11.8. The van der Waals surface area contributed by atoms with E-state index in [-0.39, 0.29) is 23.2 Å². The second-order valence-corrected chi connectivity index (χ2v) is 14.4. The molecule has 0 unspecified atom stereocenters. The normalized spacial score (nSPS) is 36.4. The van der Waals surface area contributed by atoms with Gasteiger partial charge in [-0.1, -0.05) is 65.5 Å². The van der Waals surface area contributed by atoms with E-state index in [9.17, 15) is 14.9 Å². The Hall–Kier alpha value is -2.17. The number of benzene rings is 1. The van der Waals surface area contributed by atoms with Crippen LogP contribution in [-0.2, 0) is 4.74 Å². The summed E-state index contributed by atoms with van der Waals surface area (Å²) in [5, 5.41) is 10.9. The molecule has 3 fully saturated rings. The average molecular weight is 536 g/mol. The Bertz CT molecular complexity index is 1090. The zero-order chi connectivity index (χ0) is 27.9. The molecule has 0 radical (unpaired) electrons. The van der Waals surface area contributed by atoms with Crippen LogP contribution in [0.15, 0.2) is 35.9 Å². The van der Waals surface area contributed by atoms with Gasteiger partial charge in [-0.15, -0.1) is 0 Å². The van der Waals surface area contributed by atoms with Crippen LogP contribution in [0.5, 0.6) is 0 Å². The summed E-state index contributed by atoms with van der Waals surface area (Å²) in [5.74, 6) is 4.54. The summed E-state index contributed by atoms with van der Waals surface area (Å²) in [5.41, 5.74) is 2.60. The van der Waals surface area contributed by atoms with E-state index in [4.69, 9.17) is 4.74 Å². The molecule has 0 N–H and O–H groups in total. The van der Waals surface area contributed by atoms with Crippen molar-refractivity contribution in [2.24, 2.45) is 46.3 Å². The smallest absolute Gasteiger partial charge is 0.338 e. The van der Waals surface area contributed by atoms with Gasteiger partial charge in [0.15, 0.2) is 0 Å². The standard InChI is InChI=1S/C34H49NO4/c1-22(2)7-6-8-23(3)29-15-16-30-28-14-11-25-21-27(17-19-33(25,4)31(28)18-20-34(29,30)5)39-32(36)24-9-12-26(13-10-24)35(37)38/h9-13,22-23,27-31H,6-8,14-21H2,1-5H3/t23-,27+,28+,29-,30+,31+,33+,34-/m1/s1. The zero-order valence-electron chi connectivity index (χ0n) is 24.8. The lowest BCUT2D eigenvalue weighted by Crippen LogP contribution is -2.51. The minimum Gasteiger partial charge on any atom is -0.458 e. The van der Waals surface area contributed by atoms with Crippen LogP contribution in [0.2, 0.25) is 0 Å². The number of rotatable bonds is 8. The third-order valence-electron chi connectivity index (χ3n) is 11.8. The predicted octanol–water partition coefficient (Wildman–Crippen LogP) is 9.16. The van der Waals surface area contributed by atoms with E-state index in [1.807, 2.05) is 0 Å². The highest BCUT2D eigenvalue weighted by molar-refractivity contribution is 5.89. The minimum absolute atomic E-state index is 0.0142. The van der Waals surface area contributed by atoms with Crippen LogP contribution >= 0.6 is 0 Å². The van der Waals surface area contributed by atoms with Gasteiger partial charge in [-0.2, -0.15) is 0 Å². The number of allylic oxidation sites excluding steroid dienone is 1. The van der Waals surface area contributed by atoms with Crippen molar-refractivity contribution in [3.8, 4) is 0 Å². The SMILES string of the molecule is CC(C)CCC[C@@H](C)[C@H]1CC[C@H]2[C@@H]3CC=C4C[C@@H](OC(=O)c5ccc([N+](=O)[O-])cc5)CC[C@]4(C)[C@H]3CC[C@]12C. The Kier molecular flexibility index (Phi) is 8.01. The Morgan fingerprint density at radius 2 is 1.77 bits per heavy atom. The fourth-order valence-corrected chi connectivity index (χ4v) is 9.69. The lowest BCUT2D eigenvalue weighted by molar-refractivity contribution is -0.384. The summed E-state index contributed by atoms with van der Waals surface area (Å²) in [4.78, 5) is 23.3. The molecule has 39 heavy (non-hydrogen) atoms. The van der Waals surface area contributed by atoms with Crippen molar-refractivity contribution in [3.05, 3.63) is 51.6 Å². The molecule has 5 rings (SSSR count). The lowest BCUT2D eigenvalue weighted by Gasteiger charge is -2.58. The third kappa shape index (κ3) is 5.32. The molecule has 1 aromatic carbocycles. The molecule has 4 aliphatic rings. The molecule has 214 valence electrons. The van der Waals surface area contributed by atoms with Gasteiger partial charge < -0.3 is 4.74 Å². The maximum Gasteiger partial charge on any atom is 0.338 e. The van der Waals surface area contributed by atoms with E-state index in [0.29, 0.717) is 11.0 Å². The number of ether oxygens (including phenoxy) is 1. The van der Waals surface area contributed by atoms with E-state index in [1.54, 1.807) is 0 Å².